The van der Waals surface area contributed by atoms with Crippen LogP contribution in [0, 0.1) is 11.3 Å². The van der Waals surface area contributed by atoms with E-state index in [1.807, 2.05) is 48.5 Å². The predicted octanol–water partition coefficient (Wildman–Crippen LogP) is 2.62. The van der Waals surface area contributed by atoms with E-state index in [1.54, 1.807) is 4.90 Å². The zero-order chi connectivity index (χ0) is 23.0. The normalized spacial score (nSPS) is 14.9. The molecule has 0 bridgehead atoms. The number of nitriles is 1. The van der Waals surface area contributed by atoms with Crippen LogP contribution in [0.3, 0.4) is 0 Å². The van der Waals surface area contributed by atoms with Gasteiger partial charge in [-0.2, -0.15) is 5.26 Å². The number of anilines is 1. The lowest BCUT2D eigenvalue weighted by molar-refractivity contribution is -0.120. The standard InChI is InChI=1S/C26H31N5O2/c27-18-21-8-9-25-24(17-21)22(19-28-25)5-4-10-29-11-13-30(14-12-29)20-26(33)31(15-16-32)23-6-2-1-3-7-23/h1-3,6-9,17,19,28,32H,4-5,10-16,20H2. The fraction of sp³-hybridized carbons (Fsp3) is 0.385. The lowest BCUT2D eigenvalue weighted by Crippen LogP contribution is -2.50. The number of para-hydroxylation sites is 1. The maximum Gasteiger partial charge on any atom is 0.241 e. The molecule has 4 rings (SSSR count). The van der Waals surface area contributed by atoms with Gasteiger partial charge < -0.3 is 19.9 Å². The summed E-state index contributed by atoms with van der Waals surface area (Å²) < 4.78 is 0. The Morgan fingerprint density at radius 2 is 1.85 bits per heavy atom. The van der Waals surface area contributed by atoms with Crippen LogP contribution >= 0.6 is 0 Å². The monoisotopic (exact) mass is 445 g/mol. The smallest absolute Gasteiger partial charge is 0.241 e. The number of aromatic amines is 1. The summed E-state index contributed by atoms with van der Waals surface area (Å²) in [6.45, 7) is 5.29. The van der Waals surface area contributed by atoms with Crippen molar-refractivity contribution < 1.29 is 9.90 Å². The van der Waals surface area contributed by atoms with Crippen LogP contribution in [0.4, 0.5) is 5.69 Å². The van der Waals surface area contributed by atoms with E-state index in [-0.39, 0.29) is 12.5 Å². The Morgan fingerprint density at radius 1 is 1.09 bits per heavy atom. The molecule has 1 amide bonds. The van der Waals surface area contributed by atoms with Crippen LogP contribution < -0.4 is 4.90 Å². The summed E-state index contributed by atoms with van der Waals surface area (Å²) in [7, 11) is 0. The van der Waals surface area contributed by atoms with Crippen molar-refractivity contribution in [3.63, 3.8) is 0 Å². The number of carbonyl (C=O) groups excluding carboxylic acids is 1. The van der Waals surface area contributed by atoms with Crippen molar-refractivity contribution >= 4 is 22.5 Å². The van der Waals surface area contributed by atoms with E-state index in [9.17, 15) is 9.90 Å². The highest BCUT2D eigenvalue weighted by Crippen LogP contribution is 2.21. The summed E-state index contributed by atoms with van der Waals surface area (Å²) in [5.74, 6) is 0.0276. The number of aliphatic hydroxyl groups excluding tert-OH is 1. The largest absolute Gasteiger partial charge is 0.395 e. The molecular weight excluding hydrogens is 414 g/mol. The van der Waals surface area contributed by atoms with Crippen LogP contribution in [0.25, 0.3) is 10.9 Å². The van der Waals surface area contributed by atoms with E-state index < -0.39 is 0 Å². The summed E-state index contributed by atoms with van der Waals surface area (Å²) >= 11 is 0. The first kappa shape index (κ1) is 23.0. The van der Waals surface area contributed by atoms with Crippen molar-refractivity contribution in [2.24, 2.45) is 0 Å². The molecule has 3 aromatic rings. The number of benzene rings is 2. The van der Waals surface area contributed by atoms with Gasteiger partial charge >= 0.3 is 0 Å². The van der Waals surface area contributed by atoms with Gasteiger partial charge in [0.15, 0.2) is 0 Å². The highest BCUT2D eigenvalue weighted by atomic mass is 16.3. The van der Waals surface area contributed by atoms with Gasteiger partial charge in [-0.1, -0.05) is 18.2 Å². The average molecular weight is 446 g/mol. The summed E-state index contributed by atoms with van der Waals surface area (Å²) in [5.41, 5.74) is 3.86. The zero-order valence-electron chi connectivity index (χ0n) is 18.9. The van der Waals surface area contributed by atoms with Gasteiger partial charge in [0.2, 0.25) is 5.91 Å². The molecule has 7 nitrogen and oxygen atoms in total. The Hall–Kier alpha value is -3.18. The van der Waals surface area contributed by atoms with E-state index >= 15 is 0 Å². The van der Waals surface area contributed by atoms with E-state index in [4.69, 9.17) is 5.26 Å². The molecule has 1 aliphatic rings. The molecule has 0 radical (unpaired) electrons. The second-order valence-electron chi connectivity index (χ2n) is 8.51. The van der Waals surface area contributed by atoms with Gasteiger partial charge in [-0.15, -0.1) is 0 Å². The maximum absolute atomic E-state index is 12.9. The molecule has 172 valence electrons. The summed E-state index contributed by atoms with van der Waals surface area (Å²) in [5, 5.41) is 19.7. The third kappa shape index (κ3) is 5.79. The number of aliphatic hydroxyl groups is 1. The number of hydrogen-bond donors (Lipinski definition) is 2. The summed E-state index contributed by atoms with van der Waals surface area (Å²) in [6.07, 6.45) is 4.09. The van der Waals surface area contributed by atoms with Crippen LogP contribution in [0.5, 0.6) is 0 Å². The van der Waals surface area contributed by atoms with E-state index in [1.165, 1.54) is 5.56 Å². The Morgan fingerprint density at radius 3 is 2.58 bits per heavy atom. The Labute approximate surface area is 194 Å². The third-order valence-electron chi connectivity index (χ3n) is 6.33. The molecule has 1 saturated heterocycles. The molecule has 0 spiro atoms. The number of H-pyrrole nitrogens is 1. The first-order valence-corrected chi connectivity index (χ1v) is 11.6. The van der Waals surface area contributed by atoms with Crippen LogP contribution in [0.2, 0.25) is 0 Å². The SMILES string of the molecule is N#Cc1ccc2[nH]cc(CCCN3CCN(CC(=O)N(CCO)c4ccccc4)CC3)c2c1. The van der Waals surface area contributed by atoms with Crippen molar-refractivity contribution in [3.05, 3.63) is 65.9 Å². The molecule has 1 aromatic heterocycles. The number of aromatic nitrogens is 1. The quantitative estimate of drug-likeness (QED) is 0.529. The van der Waals surface area contributed by atoms with E-state index in [0.29, 0.717) is 18.7 Å². The number of rotatable bonds is 9. The lowest BCUT2D eigenvalue weighted by Gasteiger charge is -2.35. The van der Waals surface area contributed by atoms with Crippen molar-refractivity contribution in [1.29, 1.82) is 5.26 Å². The molecule has 2 N–H and O–H groups in total. The number of amides is 1. The fourth-order valence-corrected chi connectivity index (χ4v) is 4.50. The highest BCUT2D eigenvalue weighted by molar-refractivity contribution is 5.94. The minimum absolute atomic E-state index is 0.0276. The van der Waals surface area contributed by atoms with Gasteiger partial charge in [0.1, 0.15) is 0 Å². The number of carbonyl (C=O) groups is 1. The highest BCUT2D eigenvalue weighted by Gasteiger charge is 2.22. The Balaban J connectivity index is 1.23. The lowest BCUT2D eigenvalue weighted by atomic mass is 10.1. The van der Waals surface area contributed by atoms with Gasteiger partial charge in [-0.3, -0.25) is 9.69 Å². The Kier molecular flexibility index (Phi) is 7.74. The third-order valence-corrected chi connectivity index (χ3v) is 6.33. The molecule has 7 heteroatoms. The maximum atomic E-state index is 12.9. The molecule has 33 heavy (non-hydrogen) atoms. The number of hydrogen-bond acceptors (Lipinski definition) is 5. The molecule has 0 saturated carbocycles. The number of nitrogens with zero attached hydrogens (tertiary/aromatic N) is 4. The number of piperazine rings is 1. The van der Waals surface area contributed by atoms with E-state index in [0.717, 1.165) is 62.2 Å². The van der Waals surface area contributed by atoms with Crippen LogP contribution in [0.15, 0.2) is 54.7 Å². The van der Waals surface area contributed by atoms with Crippen LogP contribution in [0.1, 0.15) is 17.5 Å². The van der Waals surface area contributed by atoms with Gasteiger partial charge in [-0.25, -0.2) is 0 Å². The molecule has 0 aliphatic carbocycles. The topological polar surface area (TPSA) is 86.6 Å². The second-order valence-corrected chi connectivity index (χ2v) is 8.51. The average Bonchev–Trinajstić information content (AvgIpc) is 3.26. The zero-order valence-corrected chi connectivity index (χ0v) is 18.9. The van der Waals surface area contributed by atoms with Crippen molar-refractivity contribution in [2.45, 2.75) is 12.8 Å². The summed E-state index contributed by atoms with van der Waals surface area (Å²) in [4.78, 5) is 22.5. The number of nitrogens with one attached hydrogen (secondary N) is 1. The molecule has 1 aliphatic heterocycles. The molecule has 1 fully saturated rings. The molecular formula is C26H31N5O2. The van der Waals surface area contributed by atoms with E-state index in [2.05, 4.69) is 27.0 Å². The Bertz CT molecular complexity index is 1100. The fourth-order valence-electron chi connectivity index (χ4n) is 4.50. The first-order valence-electron chi connectivity index (χ1n) is 11.6. The minimum atomic E-state index is -0.0529. The number of aryl methyl sites for hydroxylation is 1. The molecule has 2 heterocycles. The van der Waals surface area contributed by atoms with Gasteiger partial charge in [0.25, 0.3) is 0 Å². The second kappa shape index (κ2) is 11.1. The van der Waals surface area contributed by atoms with Crippen molar-refractivity contribution in [3.8, 4) is 6.07 Å². The van der Waals surface area contributed by atoms with Crippen LogP contribution in [-0.4, -0.2) is 78.2 Å². The summed E-state index contributed by atoms with van der Waals surface area (Å²) in [6, 6.07) is 17.5. The first-order chi connectivity index (χ1) is 16.2. The molecule has 0 unspecified atom stereocenters. The predicted molar refractivity (Wildman–Crippen MR) is 130 cm³/mol. The van der Waals surface area contributed by atoms with Gasteiger partial charge in [0.05, 0.1) is 24.8 Å². The van der Waals surface area contributed by atoms with Crippen molar-refractivity contribution in [1.82, 2.24) is 14.8 Å². The van der Waals surface area contributed by atoms with Crippen molar-refractivity contribution in [2.75, 3.05) is 57.3 Å². The van der Waals surface area contributed by atoms with Crippen LogP contribution in [-0.2, 0) is 11.2 Å². The van der Waals surface area contributed by atoms with Gasteiger partial charge in [0, 0.05) is 55.5 Å². The minimum Gasteiger partial charge on any atom is -0.395 e. The van der Waals surface area contributed by atoms with Gasteiger partial charge in [-0.05, 0) is 55.3 Å². The number of fused-ring (bicyclic) bond motifs is 1. The molecule has 0 atom stereocenters. The molecule has 2 aromatic carbocycles.